The molecule has 0 amide bonds. The van der Waals surface area contributed by atoms with Crippen LogP contribution in [0.15, 0.2) is 46.2 Å². The van der Waals surface area contributed by atoms with Crippen molar-refractivity contribution < 1.29 is 0 Å². The summed E-state index contributed by atoms with van der Waals surface area (Å²) in [4.78, 5) is 2.13. The first kappa shape index (κ1) is 12.6. The van der Waals surface area contributed by atoms with Gasteiger partial charge in [0.1, 0.15) is 0 Å². The van der Waals surface area contributed by atoms with E-state index in [1.165, 1.54) is 0 Å². The fourth-order valence-electron chi connectivity index (χ4n) is 1.45. The second-order valence-electron chi connectivity index (χ2n) is 3.70. The highest BCUT2D eigenvalue weighted by molar-refractivity contribution is 7.99. The number of nitrogen functional groups attached to an aromatic ring is 1. The van der Waals surface area contributed by atoms with Gasteiger partial charge in [-0.25, -0.2) is 0 Å². The Kier molecular flexibility index (Phi) is 3.87. The molecule has 0 atom stereocenters. The average molecular weight is 284 g/mol. The topological polar surface area (TPSA) is 26.0 Å². The Labute approximate surface area is 115 Å². The monoisotopic (exact) mass is 283 g/mol. The van der Waals surface area contributed by atoms with Gasteiger partial charge in [0.25, 0.3) is 0 Å². The van der Waals surface area contributed by atoms with Crippen LogP contribution in [-0.4, -0.2) is 0 Å². The molecular formula is C13H11Cl2NS. The molecule has 0 fully saturated rings. The van der Waals surface area contributed by atoms with Crippen LogP contribution in [0.25, 0.3) is 0 Å². The molecule has 88 valence electrons. The number of halogens is 2. The van der Waals surface area contributed by atoms with Gasteiger partial charge in [-0.05, 0) is 48.9 Å². The second kappa shape index (κ2) is 5.21. The van der Waals surface area contributed by atoms with Gasteiger partial charge < -0.3 is 5.73 Å². The lowest BCUT2D eigenvalue weighted by molar-refractivity contribution is 1.29. The van der Waals surface area contributed by atoms with Crippen LogP contribution < -0.4 is 5.73 Å². The van der Waals surface area contributed by atoms with Crippen molar-refractivity contribution in [2.45, 2.75) is 16.7 Å². The highest BCUT2D eigenvalue weighted by Gasteiger charge is 2.05. The minimum absolute atomic E-state index is 0.671. The second-order valence-corrected chi connectivity index (χ2v) is 5.63. The first-order valence-electron chi connectivity index (χ1n) is 5.05. The van der Waals surface area contributed by atoms with E-state index in [1.807, 2.05) is 37.3 Å². The molecule has 0 aliphatic heterocycles. The largest absolute Gasteiger partial charge is 0.399 e. The smallest absolute Gasteiger partial charge is 0.0565 e. The first-order chi connectivity index (χ1) is 8.06. The van der Waals surface area contributed by atoms with E-state index in [0.29, 0.717) is 10.7 Å². The maximum Gasteiger partial charge on any atom is 0.0565 e. The maximum atomic E-state index is 6.14. The van der Waals surface area contributed by atoms with E-state index < -0.39 is 0 Å². The predicted octanol–water partition coefficient (Wildman–Crippen LogP) is 5.04. The number of anilines is 1. The molecule has 2 aromatic rings. The zero-order valence-electron chi connectivity index (χ0n) is 9.21. The quantitative estimate of drug-likeness (QED) is 0.782. The van der Waals surface area contributed by atoms with Crippen LogP contribution >= 0.6 is 35.0 Å². The molecule has 1 nitrogen and oxygen atoms in total. The molecule has 0 unspecified atom stereocenters. The minimum atomic E-state index is 0.671. The van der Waals surface area contributed by atoms with E-state index in [-0.39, 0.29) is 0 Å². The van der Waals surface area contributed by atoms with Gasteiger partial charge in [0.05, 0.1) is 5.02 Å². The molecule has 0 aromatic heterocycles. The molecule has 2 N–H and O–H groups in total. The molecule has 0 heterocycles. The summed E-state index contributed by atoms with van der Waals surface area (Å²) < 4.78 is 0. The molecule has 0 radical (unpaired) electrons. The van der Waals surface area contributed by atoms with Crippen LogP contribution in [-0.2, 0) is 0 Å². The zero-order chi connectivity index (χ0) is 12.4. The summed E-state index contributed by atoms with van der Waals surface area (Å²) in [6.45, 7) is 2.03. The van der Waals surface area contributed by atoms with Crippen molar-refractivity contribution in [2.75, 3.05) is 5.73 Å². The van der Waals surface area contributed by atoms with Crippen molar-refractivity contribution >= 4 is 40.7 Å². The summed E-state index contributed by atoms with van der Waals surface area (Å²) in [6.07, 6.45) is 0. The molecule has 0 saturated carbocycles. The van der Waals surface area contributed by atoms with E-state index in [0.717, 1.165) is 20.4 Å². The Morgan fingerprint density at radius 1 is 1.00 bits per heavy atom. The third-order valence-electron chi connectivity index (χ3n) is 2.31. The number of hydrogen-bond acceptors (Lipinski definition) is 2. The number of aryl methyl sites for hydroxylation is 1. The zero-order valence-corrected chi connectivity index (χ0v) is 11.5. The molecule has 0 aliphatic carbocycles. The van der Waals surface area contributed by atoms with E-state index in [4.69, 9.17) is 28.9 Å². The van der Waals surface area contributed by atoms with Crippen molar-refractivity contribution in [3.63, 3.8) is 0 Å². The molecule has 0 spiro atoms. The molecular weight excluding hydrogens is 273 g/mol. The van der Waals surface area contributed by atoms with Crippen LogP contribution in [0.2, 0.25) is 10.0 Å². The lowest BCUT2D eigenvalue weighted by Gasteiger charge is -2.08. The average Bonchev–Trinajstić information content (AvgIpc) is 2.25. The van der Waals surface area contributed by atoms with Crippen LogP contribution in [0.3, 0.4) is 0 Å². The standard InChI is InChI=1S/C13H11Cl2NS/c1-8-6-9(14)2-4-12(8)17-13-5-3-10(16)7-11(13)15/h2-7H,16H2,1H3. The number of nitrogens with two attached hydrogens (primary N) is 1. The molecule has 2 aromatic carbocycles. The van der Waals surface area contributed by atoms with Gasteiger partial charge in [0.15, 0.2) is 0 Å². The van der Waals surface area contributed by atoms with E-state index >= 15 is 0 Å². The van der Waals surface area contributed by atoms with Gasteiger partial charge in [-0.3, -0.25) is 0 Å². The minimum Gasteiger partial charge on any atom is -0.399 e. The molecule has 0 aliphatic rings. The third-order valence-corrected chi connectivity index (χ3v) is 4.23. The molecule has 0 saturated heterocycles. The Bertz CT molecular complexity index is 506. The van der Waals surface area contributed by atoms with Crippen molar-refractivity contribution in [1.82, 2.24) is 0 Å². The molecule has 4 heteroatoms. The predicted molar refractivity (Wildman–Crippen MR) is 76.2 cm³/mol. The summed E-state index contributed by atoms with van der Waals surface area (Å²) in [5, 5.41) is 1.42. The van der Waals surface area contributed by atoms with Crippen LogP contribution in [0.5, 0.6) is 0 Å². The fourth-order valence-corrected chi connectivity index (χ4v) is 2.86. The highest BCUT2D eigenvalue weighted by Crippen LogP contribution is 2.36. The summed E-state index contributed by atoms with van der Waals surface area (Å²) in [7, 11) is 0. The van der Waals surface area contributed by atoms with Gasteiger partial charge >= 0.3 is 0 Å². The van der Waals surface area contributed by atoms with E-state index in [9.17, 15) is 0 Å². The Balaban J connectivity index is 2.31. The normalized spacial score (nSPS) is 10.5. The lowest BCUT2D eigenvalue weighted by Crippen LogP contribution is -1.85. The molecule has 2 rings (SSSR count). The summed E-state index contributed by atoms with van der Waals surface area (Å²) in [6, 6.07) is 11.3. The first-order valence-corrected chi connectivity index (χ1v) is 6.62. The van der Waals surface area contributed by atoms with Crippen molar-refractivity contribution in [1.29, 1.82) is 0 Å². The van der Waals surface area contributed by atoms with Crippen LogP contribution in [0.4, 0.5) is 5.69 Å². The number of hydrogen-bond donors (Lipinski definition) is 1. The van der Waals surface area contributed by atoms with E-state index in [2.05, 4.69) is 0 Å². The third kappa shape index (κ3) is 3.09. The Morgan fingerprint density at radius 3 is 2.35 bits per heavy atom. The number of benzene rings is 2. The van der Waals surface area contributed by atoms with Crippen molar-refractivity contribution in [3.05, 3.63) is 52.0 Å². The molecule has 17 heavy (non-hydrogen) atoms. The fraction of sp³-hybridized carbons (Fsp3) is 0.0769. The highest BCUT2D eigenvalue weighted by atomic mass is 35.5. The SMILES string of the molecule is Cc1cc(Cl)ccc1Sc1ccc(N)cc1Cl. The Morgan fingerprint density at radius 2 is 1.71 bits per heavy atom. The maximum absolute atomic E-state index is 6.14. The van der Waals surface area contributed by atoms with Gasteiger partial charge in [0.2, 0.25) is 0 Å². The van der Waals surface area contributed by atoms with Crippen LogP contribution in [0.1, 0.15) is 5.56 Å². The molecule has 0 bridgehead atoms. The van der Waals surface area contributed by atoms with Crippen LogP contribution in [0, 0.1) is 6.92 Å². The van der Waals surface area contributed by atoms with Gasteiger partial charge in [-0.2, -0.15) is 0 Å². The Hall–Kier alpha value is -0.830. The van der Waals surface area contributed by atoms with Gasteiger partial charge in [0, 0.05) is 20.5 Å². The van der Waals surface area contributed by atoms with Crippen molar-refractivity contribution in [3.8, 4) is 0 Å². The van der Waals surface area contributed by atoms with Crippen molar-refractivity contribution in [2.24, 2.45) is 0 Å². The van der Waals surface area contributed by atoms with Gasteiger partial charge in [-0.15, -0.1) is 0 Å². The van der Waals surface area contributed by atoms with E-state index in [1.54, 1.807) is 17.8 Å². The lowest BCUT2D eigenvalue weighted by atomic mass is 10.2. The summed E-state index contributed by atoms with van der Waals surface area (Å²) >= 11 is 13.7. The number of rotatable bonds is 2. The van der Waals surface area contributed by atoms with Gasteiger partial charge in [-0.1, -0.05) is 35.0 Å². The summed E-state index contributed by atoms with van der Waals surface area (Å²) in [5.41, 5.74) is 7.47. The summed E-state index contributed by atoms with van der Waals surface area (Å²) in [5.74, 6) is 0.